The fourth-order valence-electron chi connectivity index (χ4n) is 1.56. The number of nitrogens with one attached hydrogen (secondary N) is 1. The molecule has 2 rings (SSSR count). The third-order valence-corrected chi connectivity index (χ3v) is 4.66. The first kappa shape index (κ1) is 15.9. The van der Waals surface area contributed by atoms with Crippen LogP contribution in [-0.2, 0) is 4.79 Å². The van der Waals surface area contributed by atoms with Gasteiger partial charge in [0, 0.05) is 22.1 Å². The second kappa shape index (κ2) is 7.49. The maximum Gasteiger partial charge on any atom is 0.338 e. The molecular formula is C14H12ClNO3S2. The second-order valence-corrected chi connectivity index (χ2v) is 6.59. The van der Waals surface area contributed by atoms with Gasteiger partial charge >= 0.3 is 5.97 Å². The Morgan fingerprint density at radius 2 is 1.95 bits per heavy atom. The Bertz CT molecular complexity index is 640. The van der Waals surface area contributed by atoms with Gasteiger partial charge in [-0.25, -0.2) is 4.79 Å². The molecule has 0 bridgehead atoms. The fraction of sp³-hybridized carbons (Fsp3) is 0.143. The molecule has 110 valence electrons. The molecular weight excluding hydrogens is 330 g/mol. The number of rotatable bonds is 6. The van der Waals surface area contributed by atoms with E-state index < -0.39 is 5.97 Å². The molecule has 0 spiro atoms. The highest BCUT2D eigenvalue weighted by Crippen LogP contribution is 2.24. The summed E-state index contributed by atoms with van der Waals surface area (Å²) in [6, 6.07) is 8.87. The lowest BCUT2D eigenvalue weighted by molar-refractivity contribution is -0.115. The molecule has 0 aliphatic heterocycles. The first-order valence-corrected chi connectivity index (χ1v) is 8.29. The minimum atomic E-state index is -1.04. The van der Waals surface area contributed by atoms with Crippen LogP contribution in [0.2, 0.25) is 5.02 Å². The van der Waals surface area contributed by atoms with Gasteiger partial charge in [-0.1, -0.05) is 11.6 Å². The molecule has 1 aromatic heterocycles. The van der Waals surface area contributed by atoms with Gasteiger partial charge in [0.05, 0.1) is 5.56 Å². The summed E-state index contributed by atoms with van der Waals surface area (Å²) >= 11 is 8.55. The van der Waals surface area contributed by atoms with Gasteiger partial charge in [0.15, 0.2) is 0 Å². The van der Waals surface area contributed by atoms with Crippen molar-refractivity contribution in [3.8, 4) is 0 Å². The summed E-state index contributed by atoms with van der Waals surface area (Å²) in [5, 5.41) is 14.3. The average Bonchev–Trinajstić information content (AvgIpc) is 2.89. The van der Waals surface area contributed by atoms with Gasteiger partial charge in [0.1, 0.15) is 5.00 Å². The molecule has 4 nitrogen and oxygen atoms in total. The molecule has 1 aromatic carbocycles. The topological polar surface area (TPSA) is 66.4 Å². The van der Waals surface area contributed by atoms with E-state index in [1.54, 1.807) is 29.3 Å². The van der Waals surface area contributed by atoms with Crippen LogP contribution < -0.4 is 5.32 Å². The summed E-state index contributed by atoms with van der Waals surface area (Å²) in [5.74, 6) is -0.621. The standard InChI is InChI=1S/C14H12ClNO3S2/c15-9-1-3-10(4-2-9)20-8-6-12(17)16-13-11(14(18)19)5-7-21-13/h1-5,7H,6,8H2,(H,16,17)(H,18,19). The van der Waals surface area contributed by atoms with Crippen LogP contribution in [0.25, 0.3) is 0 Å². The van der Waals surface area contributed by atoms with Crippen LogP contribution in [0, 0.1) is 0 Å². The highest BCUT2D eigenvalue weighted by Gasteiger charge is 2.13. The van der Waals surface area contributed by atoms with Crippen molar-refractivity contribution in [1.29, 1.82) is 0 Å². The summed E-state index contributed by atoms with van der Waals surface area (Å²) in [6.45, 7) is 0. The predicted molar refractivity (Wildman–Crippen MR) is 86.7 cm³/mol. The van der Waals surface area contributed by atoms with Gasteiger partial charge in [-0.3, -0.25) is 4.79 Å². The zero-order valence-electron chi connectivity index (χ0n) is 10.8. The first-order chi connectivity index (χ1) is 10.1. The van der Waals surface area contributed by atoms with Crippen molar-refractivity contribution < 1.29 is 14.7 Å². The Balaban J connectivity index is 1.81. The largest absolute Gasteiger partial charge is 0.478 e. The van der Waals surface area contributed by atoms with E-state index in [4.69, 9.17) is 16.7 Å². The Morgan fingerprint density at radius 3 is 2.62 bits per heavy atom. The monoisotopic (exact) mass is 341 g/mol. The van der Waals surface area contributed by atoms with E-state index in [1.165, 1.54) is 17.4 Å². The number of hydrogen-bond donors (Lipinski definition) is 2. The number of amides is 1. The van der Waals surface area contributed by atoms with E-state index in [-0.39, 0.29) is 11.5 Å². The molecule has 2 N–H and O–H groups in total. The minimum Gasteiger partial charge on any atom is -0.478 e. The normalized spacial score (nSPS) is 10.3. The Morgan fingerprint density at radius 1 is 1.24 bits per heavy atom. The van der Waals surface area contributed by atoms with Crippen molar-refractivity contribution in [1.82, 2.24) is 0 Å². The number of benzene rings is 1. The number of halogens is 1. The molecule has 0 saturated carbocycles. The minimum absolute atomic E-state index is 0.124. The number of carboxylic acid groups (broad SMARTS) is 1. The van der Waals surface area contributed by atoms with E-state index in [1.807, 2.05) is 12.1 Å². The fourth-order valence-corrected chi connectivity index (χ4v) is 3.33. The van der Waals surface area contributed by atoms with Crippen LogP contribution in [0.5, 0.6) is 0 Å². The molecule has 7 heteroatoms. The molecule has 21 heavy (non-hydrogen) atoms. The van der Waals surface area contributed by atoms with Crippen LogP contribution in [0.3, 0.4) is 0 Å². The van der Waals surface area contributed by atoms with Crippen LogP contribution >= 0.6 is 34.7 Å². The van der Waals surface area contributed by atoms with Crippen LogP contribution in [-0.4, -0.2) is 22.7 Å². The Labute approximate surface area is 135 Å². The zero-order valence-corrected chi connectivity index (χ0v) is 13.2. The Kier molecular flexibility index (Phi) is 5.67. The number of carbonyl (C=O) groups excluding carboxylic acids is 1. The summed E-state index contributed by atoms with van der Waals surface area (Å²) in [7, 11) is 0. The van der Waals surface area contributed by atoms with E-state index in [2.05, 4.69) is 5.32 Å². The van der Waals surface area contributed by atoms with Gasteiger partial charge in [-0.15, -0.1) is 23.1 Å². The van der Waals surface area contributed by atoms with Gasteiger partial charge in [0.25, 0.3) is 0 Å². The average molecular weight is 342 g/mol. The zero-order chi connectivity index (χ0) is 15.2. The lowest BCUT2D eigenvalue weighted by Gasteiger charge is -2.04. The molecule has 0 unspecified atom stereocenters. The van der Waals surface area contributed by atoms with Crippen molar-refractivity contribution >= 4 is 51.6 Å². The molecule has 0 saturated heterocycles. The summed E-state index contributed by atoms with van der Waals surface area (Å²) in [6.07, 6.45) is 0.310. The second-order valence-electron chi connectivity index (χ2n) is 4.07. The van der Waals surface area contributed by atoms with E-state index in [0.29, 0.717) is 22.2 Å². The highest BCUT2D eigenvalue weighted by atomic mass is 35.5. The van der Waals surface area contributed by atoms with E-state index >= 15 is 0 Å². The molecule has 0 atom stereocenters. The van der Waals surface area contributed by atoms with Crippen LogP contribution in [0.1, 0.15) is 16.8 Å². The van der Waals surface area contributed by atoms with E-state index in [0.717, 1.165) is 4.90 Å². The maximum absolute atomic E-state index is 11.8. The molecule has 0 radical (unpaired) electrons. The molecule has 2 aromatic rings. The van der Waals surface area contributed by atoms with E-state index in [9.17, 15) is 9.59 Å². The lowest BCUT2D eigenvalue weighted by Crippen LogP contribution is -2.13. The molecule has 0 aliphatic rings. The number of carbonyl (C=O) groups is 2. The van der Waals surface area contributed by atoms with Crippen molar-refractivity contribution in [2.75, 3.05) is 11.1 Å². The van der Waals surface area contributed by atoms with Crippen molar-refractivity contribution in [3.63, 3.8) is 0 Å². The number of hydrogen-bond acceptors (Lipinski definition) is 4. The molecule has 1 heterocycles. The highest BCUT2D eigenvalue weighted by molar-refractivity contribution is 7.99. The van der Waals surface area contributed by atoms with Crippen LogP contribution in [0.4, 0.5) is 5.00 Å². The predicted octanol–water partition coefficient (Wildman–Crippen LogP) is 4.22. The maximum atomic E-state index is 11.8. The quantitative estimate of drug-likeness (QED) is 0.772. The van der Waals surface area contributed by atoms with Gasteiger partial charge < -0.3 is 10.4 Å². The Hall–Kier alpha value is -1.50. The van der Waals surface area contributed by atoms with Crippen molar-refractivity contribution in [2.45, 2.75) is 11.3 Å². The van der Waals surface area contributed by atoms with Gasteiger partial charge in [-0.2, -0.15) is 0 Å². The van der Waals surface area contributed by atoms with Gasteiger partial charge in [0.2, 0.25) is 5.91 Å². The van der Waals surface area contributed by atoms with Crippen LogP contribution in [0.15, 0.2) is 40.6 Å². The third kappa shape index (κ3) is 4.77. The molecule has 0 fully saturated rings. The summed E-state index contributed by atoms with van der Waals surface area (Å²) in [5.41, 5.74) is 0.124. The summed E-state index contributed by atoms with van der Waals surface area (Å²) in [4.78, 5) is 23.8. The number of carboxylic acids is 1. The SMILES string of the molecule is O=C(CCSc1ccc(Cl)cc1)Nc1sccc1C(=O)O. The van der Waals surface area contributed by atoms with Crippen molar-refractivity contribution in [2.24, 2.45) is 0 Å². The first-order valence-electron chi connectivity index (χ1n) is 6.05. The molecule has 1 amide bonds. The molecule has 0 aliphatic carbocycles. The number of thioether (sulfide) groups is 1. The van der Waals surface area contributed by atoms with Gasteiger partial charge in [-0.05, 0) is 35.7 Å². The summed E-state index contributed by atoms with van der Waals surface area (Å²) < 4.78 is 0. The number of aromatic carboxylic acids is 1. The smallest absolute Gasteiger partial charge is 0.338 e. The number of anilines is 1. The lowest BCUT2D eigenvalue weighted by atomic mass is 10.3. The third-order valence-electron chi connectivity index (χ3n) is 2.56. The van der Waals surface area contributed by atoms with Crippen molar-refractivity contribution in [3.05, 3.63) is 46.3 Å². The number of thiophene rings is 1.